The summed E-state index contributed by atoms with van der Waals surface area (Å²) < 4.78 is 16.1. The molecule has 3 aliphatic heterocycles. The van der Waals surface area contributed by atoms with Gasteiger partial charge in [-0.15, -0.1) is 0 Å². The molecule has 3 fully saturated rings. The summed E-state index contributed by atoms with van der Waals surface area (Å²) in [5, 5.41) is 0.974. The molecule has 30 heavy (non-hydrogen) atoms. The van der Waals surface area contributed by atoms with Gasteiger partial charge in [0.25, 0.3) is 0 Å². The van der Waals surface area contributed by atoms with E-state index in [0.717, 1.165) is 69.2 Å². The fraction of sp³-hybridized carbons (Fsp3) is 0.591. The lowest BCUT2D eigenvalue weighted by Gasteiger charge is -2.40. The fourth-order valence-electron chi connectivity index (χ4n) is 4.65. The van der Waals surface area contributed by atoms with Crippen molar-refractivity contribution in [1.82, 2.24) is 14.3 Å². The summed E-state index contributed by atoms with van der Waals surface area (Å²) in [6.45, 7) is 4.54. The van der Waals surface area contributed by atoms with Gasteiger partial charge in [-0.2, -0.15) is 4.37 Å². The van der Waals surface area contributed by atoms with Crippen molar-refractivity contribution in [1.29, 1.82) is 0 Å². The number of piperidine rings is 2. The molecular weight excluding hydrogens is 400 g/mol. The highest BCUT2D eigenvalue weighted by Gasteiger charge is 2.42. The summed E-state index contributed by atoms with van der Waals surface area (Å²) in [5.74, 6) is 0.857. The number of hydrogen-bond acceptors (Lipinski definition) is 7. The molecule has 1 spiro atoms. The van der Waals surface area contributed by atoms with Crippen LogP contribution in [0.25, 0.3) is 0 Å². The summed E-state index contributed by atoms with van der Waals surface area (Å²) in [7, 11) is 0. The van der Waals surface area contributed by atoms with Gasteiger partial charge in [0.15, 0.2) is 5.79 Å². The van der Waals surface area contributed by atoms with Crippen LogP contribution in [0.4, 0.5) is 5.13 Å². The van der Waals surface area contributed by atoms with Crippen molar-refractivity contribution in [2.24, 2.45) is 5.92 Å². The van der Waals surface area contributed by atoms with Crippen molar-refractivity contribution in [3.8, 4) is 0 Å². The second kappa shape index (κ2) is 8.61. The maximum Gasteiger partial charge on any atom is 0.225 e. The van der Waals surface area contributed by atoms with Crippen molar-refractivity contribution < 1.29 is 14.3 Å². The Bertz CT molecular complexity index is 850. The van der Waals surface area contributed by atoms with Gasteiger partial charge >= 0.3 is 0 Å². The van der Waals surface area contributed by atoms with Gasteiger partial charge in [0.2, 0.25) is 11.0 Å². The third-order valence-electron chi connectivity index (χ3n) is 6.43. The number of aromatic nitrogens is 2. The Morgan fingerprint density at radius 2 is 1.77 bits per heavy atom. The lowest BCUT2D eigenvalue weighted by Crippen LogP contribution is -2.50. The smallest absolute Gasteiger partial charge is 0.225 e. The number of rotatable bonds is 4. The van der Waals surface area contributed by atoms with E-state index in [9.17, 15) is 4.79 Å². The molecule has 0 N–H and O–H groups in total. The Kier molecular flexibility index (Phi) is 5.71. The first-order valence-electron chi connectivity index (χ1n) is 10.9. The Balaban J connectivity index is 1.12. The van der Waals surface area contributed by atoms with Crippen LogP contribution in [0.1, 0.15) is 37.1 Å². The third kappa shape index (κ3) is 4.22. The fourth-order valence-corrected chi connectivity index (χ4v) is 5.39. The molecule has 0 atom stereocenters. The zero-order chi connectivity index (χ0) is 20.4. The van der Waals surface area contributed by atoms with Crippen LogP contribution in [-0.4, -0.2) is 65.3 Å². The molecule has 8 heteroatoms. The summed E-state index contributed by atoms with van der Waals surface area (Å²) in [5.41, 5.74) is 1.22. The van der Waals surface area contributed by atoms with Gasteiger partial charge in [0.1, 0.15) is 5.82 Å². The molecule has 0 bridgehead atoms. The number of amides is 1. The molecule has 7 nitrogen and oxygen atoms in total. The highest BCUT2D eigenvalue weighted by molar-refractivity contribution is 7.09. The minimum atomic E-state index is -0.421. The first-order valence-corrected chi connectivity index (χ1v) is 11.7. The lowest BCUT2D eigenvalue weighted by molar-refractivity contribution is -0.188. The SMILES string of the molecule is O=C(C1CCN(c2nc(Cc3ccccc3)ns2)CC1)N1CCC2(CC1)OCCO2. The first kappa shape index (κ1) is 19.9. The largest absolute Gasteiger partial charge is 0.347 e. The van der Waals surface area contributed by atoms with E-state index in [1.54, 1.807) is 0 Å². The Labute approximate surface area is 181 Å². The minimum Gasteiger partial charge on any atom is -0.347 e. The van der Waals surface area contributed by atoms with E-state index in [4.69, 9.17) is 14.5 Å². The number of likely N-dealkylation sites (tertiary alicyclic amines) is 1. The molecule has 0 saturated carbocycles. The molecule has 2 aromatic rings. The predicted octanol–water partition coefficient (Wildman–Crippen LogP) is 2.71. The van der Waals surface area contributed by atoms with Crippen LogP contribution < -0.4 is 4.90 Å². The number of carbonyl (C=O) groups excluding carboxylic acids is 1. The third-order valence-corrected chi connectivity index (χ3v) is 7.24. The average Bonchev–Trinajstić information content (AvgIpc) is 3.45. The van der Waals surface area contributed by atoms with Crippen molar-refractivity contribution in [3.05, 3.63) is 41.7 Å². The second-order valence-electron chi connectivity index (χ2n) is 8.35. The Morgan fingerprint density at radius 1 is 1.07 bits per heavy atom. The number of nitrogens with zero attached hydrogens (tertiary/aromatic N) is 4. The van der Waals surface area contributed by atoms with Crippen LogP contribution in [0, 0.1) is 5.92 Å². The minimum absolute atomic E-state index is 0.109. The number of anilines is 1. The van der Waals surface area contributed by atoms with Crippen LogP contribution in [-0.2, 0) is 20.7 Å². The van der Waals surface area contributed by atoms with Gasteiger partial charge in [-0.25, -0.2) is 4.98 Å². The second-order valence-corrected chi connectivity index (χ2v) is 9.08. The molecule has 0 radical (unpaired) electrons. The Hall–Kier alpha value is -2.03. The van der Waals surface area contributed by atoms with E-state index >= 15 is 0 Å². The standard InChI is InChI=1S/C22H28N4O3S/c27-20(25-12-8-22(9-13-25)28-14-15-29-22)18-6-10-26(11-7-18)21-23-19(24-30-21)16-17-4-2-1-3-5-17/h1-5,18H,6-16H2. The molecule has 160 valence electrons. The van der Waals surface area contributed by atoms with Gasteiger partial charge < -0.3 is 19.3 Å². The van der Waals surface area contributed by atoms with Crippen molar-refractivity contribution in [2.45, 2.75) is 37.9 Å². The predicted molar refractivity (Wildman–Crippen MR) is 115 cm³/mol. The average molecular weight is 429 g/mol. The normalized spacial score (nSPS) is 22.0. The zero-order valence-corrected chi connectivity index (χ0v) is 18.0. The summed E-state index contributed by atoms with van der Waals surface area (Å²) in [4.78, 5) is 22.0. The highest BCUT2D eigenvalue weighted by Crippen LogP contribution is 2.33. The number of carbonyl (C=O) groups is 1. The lowest BCUT2D eigenvalue weighted by atomic mass is 9.94. The summed E-state index contributed by atoms with van der Waals surface area (Å²) in [6.07, 6.45) is 4.08. The van der Waals surface area contributed by atoms with Crippen LogP contribution in [0.2, 0.25) is 0 Å². The van der Waals surface area contributed by atoms with Crippen LogP contribution in [0.15, 0.2) is 30.3 Å². The van der Waals surface area contributed by atoms with Gasteiger partial charge in [-0.1, -0.05) is 30.3 Å². The number of hydrogen-bond donors (Lipinski definition) is 0. The molecule has 1 aromatic heterocycles. The van der Waals surface area contributed by atoms with Gasteiger partial charge in [0, 0.05) is 62.9 Å². The topological polar surface area (TPSA) is 67.8 Å². The van der Waals surface area contributed by atoms with E-state index < -0.39 is 5.79 Å². The quantitative estimate of drug-likeness (QED) is 0.746. The van der Waals surface area contributed by atoms with Crippen molar-refractivity contribution >= 4 is 22.6 Å². The summed E-state index contributed by atoms with van der Waals surface area (Å²) in [6, 6.07) is 10.3. The molecule has 1 amide bonds. The molecule has 0 aliphatic carbocycles. The Morgan fingerprint density at radius 3 is 2.47 bits per heavy atom. The highest BCUT2D eigenvalue weighted by atomic mass is 32.1. The van der Waals surface area contributed by atoms with Crippen molar-refractivity contribution in [3.63, 3.8) is 0 Å². The van der Waals surface area contributed by atoms with Gasteiger partial charge in [0.05, 0.1) is 13.2 Å². The zero-order valence-electron chi connectivity index (χ0n) is 17.2. The van der Waals surface area contributed by atoms with Crippen LogP contribution in [0.3, 0.4) is 0 Å². The van der Waals surface area contributed by atoms with Crippen LogP contribution in [0.5, 0.6) is 0 Å². The molecule has 4 heterocycles. The molecule has 5 rings (SSSR count). The number of benzene rings is 1. The van der Waals surface area contributed by atoms with E-state index in [2.05, 4.69) is 21.4 Å². The molecule has 1 aromatic carbocycles. The van der Waals surface area contributed by atoms with Crippen LogP contribution >= 0.6 is 11.5 Å². The van der Waals surface area contributed by atoms with E-state index in [-0.39, 0.29) is 5.92 Å². The van der Waals surface area contributed by atoms with E-state index in [1.165, 1.54) is 17.1 Å². The molecule has 3 saturated heterocycles. The van der Waals surface area contributed by atoms with Gasteiger partial charge in [-0.3, -0.25) is 4.79 Å². The monoisotopic (exact) mass is 428 g/mol. The van der Waals surface area contributed by atoms with Gasteiger partial charge in [-0.05, 0) is 18.4 Å². The van der Waals surface area contributed by atoms with E-state index in [1.807, 2.05) is 23.1 Å². The molecule has 0 unspecified atom stereocenters. The maximum absolute atomic E-state index is 13.0. The van der Waals surface area contributed by atoms with E-state index in [0.29, 0.717) is 19.1 Å². The summed E-state index contributed by atoms with van der Waals surface area (Å²) >= 11 is 1.47. The number of ether oxygens (including phenoxy) is 2. The molecule has 3 aliphatic rings. The maximum atomic E-state index is 13.0. The first-order chi connectivity index (χ1) is 14.7. The molecular formula is C22H28N4O3S. The van der Waals surface area contributed by atoms with Crippen molar-refractivity contribution in [2.75, 3.05) is 44.3 Å².